The molecule has 0 saturated heterocycles. The molecule has 2 N–H and O–H groups in total. The molecule has 1 aromatic carbocycles. The number of aryl methyl sites for hydroxylation is 1. The molecule has 0 atom stereocenters. The van der Waals surface area contributed by atoms with Crippen LogP contribution in [0.15, 0.2) is 47.1 Å². The number of amides is 1. The zero-order chi connectivity index (χ0) is 15.3. The van der Waals surface area contributed by atoms with Crippen molar-refractivity contribution in [2.75, 3.05) is 16.3 Å². The normalized spacial score (nSPS) is 11.1. The van der Waals surface area contributed by atoms with Crippen molar-refractivity contribution < 1.29 is 17.6 Å². The molecule has 21 heavy (non-hydrogen) atoms. The monoisotopic (exact) mass is 308 g/mol. The lowest BCUT2D eigenvalue weighted by atomic mass is 10.2. The van der Waals surface area contributed by atoms with E-state index in [9.17, 15) is 13.2 Å². The van der Waals surface area contributed by atoms with Crippen molar-refractivity contribution in [3.05, 3.63) is 48.4 Å². The highest BCUT2D eigenvalue weighted by atomic mass is 32.2. The van der Waals surface area contributed by atoms with Crippen LogP contribution in [0.4, 0.5) is 11.4 Å². The summed E-state index contributed by atoms with van der Waals surface area (Å²) in [6.45, 7) is 0. The van der Waals surface area contributed by atoms with Gasteiger partial charge in [0, 0.05) is 18.5 Å². The molecule has 7 heteroatoms. The molecular formula is C14H16N2O4S. The van der Waals surface area contributed by atoms with Crippen LogP contribution in [0.3, 0.4) is 0 Å². The van der Waals surface area contributed by atoms with Gasteiger partial charge in [-0.05, 0) is 30.3 Å². The summed E-state index contributed by atoms with van der Waals surface area (Å²) in [5.41, 5.74) is 0.939. The Morgan fingerprint density at radius 3 is 2.62 bits per heavy atom. The van der Waals surface area contributed by atoms with Crippen LogP contribution in [0, 0.1) is 0 Å². The average molecular weight is 308 g/mol. The molecule has 0 aliphatic carbocycles. The Labute approximate surface area is 123 Å². The van der Waals surface area contributed by atoms with E-state index in [4.69, 9.17) is 4.42 Å². The average Bonchev–Trinajstić information content (AvgIpc) is 2.87. The van der Waals surface area contributed by atoms with Gasteiger partial charge in [-0.2, -0.15) is 0 Å². The summed E-state index contributed by atoms with van der Waals surface area (Å²) in [6.07, 6.45) is 3.44. The number of nitrogens with one attached hydrogen (secondary N) is 2. The fourth-order valence-electron chi connectivity index (χ4n) is 1.79. The minimum Gasteiger partial charge on any atom is -0.469 e. The molecule has 0 unspecified atom stereocenters. The maximum atomic E-state index is 11.8. The highest BCUT2D eigenvalue weighted by Crippen LogP contribution is 2.16. The van der Waals surface area contributed by atoms with E-state index < -0.39 is 10.0 Å². The summed E-state index contributed by atoms with van der Waals surface area (Å²) in [5, 5.41) is 2.72. The van der Waals surface area contributed by atoms with E-state index in [0.29, 0.717) is 17.8 Å². The molecule has 6 nitrogen and oxygen atoms in total. The van der Waals surface area contributed by atoms with Crippen molar-refractivity contribution >= 4 is 27.3 Å². The van der Waals surface area contributed by atoms with E-state index in [-0.39, 0.29) is 12.3 Å². The van der Waals surface area contributed by atoms with Gasteiger partial charge in [-0.3, -0.25) is 9.52 Å². The van der Waals surface area contributed by atoms with Crippen molar-refractivity contribution in [2.24, 2.45) is 0 Å². The molecular weight excluding hydrogens is 292 g/mol. The molecule has 112 valence electrons. The zero-order valence-electron chi connectivity index (χ0n) is 11.5. The smallest absolute Gasteiger partial charge is 0.229 e. The predicted octanol–water partition coefficient (Wildman–Crippen LogP) is 2.22. The van der Waals surface area contributed by atoms with Crippen LogP contribution in [0.2, 0.25) is 0 Å². The second-order valence-electron chi connectivity index (χ2n) is 4.58. The standard InChI is InChI=1S/C14H16N2O4S/c1-21(18,19)16-12-5-2-4-11(10-12)15-14(17)8-7-13-6-3-9-20-13/h2-6,9-10,16H,7-8H2,1H3,(H,15,17). The number of rotatable bonds is 6. The molecule has 1 aromatic heterocycles. The fourth-order valence-corrected chi connectivity index (χ4v) is 2.34. The van der Waals surface area contributed by atoms with Gasteiger partial charge in [0.15, 0.2) is 0 Å². The van der Waals surface area contributed by atoms with Crippen LogP contribution in [0.1, 0.15) is 12.2 Å². The van der Waals surface area contributed by atoms with E-state index in [1.807, 2.05) is 6.07 Å². The molecule has 0 fully saturated rings. The van der Waals surface area contributed by atoms with Gasteiger partial charge in [0.1, 0.15) is 5.76 Å². The Balaban J connectivity index is 1.93. The number of carbonyl (C=O) groups excluding carboxylic acids is 1. The second-order valence-corrected chi connectivity index (χ2v) is 6.33. The Bertz CT molecular complexity index is 708. The molecule has 0 bridgehead atoms. The molecule has 1 amide bonds. The zero-order valence-corrected chi connectivity index (χ0v) is 12.3. The lowest BCUT2D eigenvalue weighted by Gasteiger charge is -2.08. The minimum absolute atomic E-state index is 0.164. The topological polar surface area (TPSA) is 88.4 Å². The second kappa shape index (κ2) is 6.45. The number of benzene rings is 1. The highest BCUT2D eigenvalue weighted by Gasteiger charge is 2.06. The van der Waals surface area contributed by atoms with Crippen molar-refractivity contribution in [3.8, 4) is 0 Å². The van der Waals surface area contributed by atoms with Crippen molar-refractivity contribution in [1.82, 2.24) is 0 Å². The number of furan rings is 1. The fraction of sp³-hybridized carbons (Fsp3) is 0.214. The number of carbonyl (C=O) groups is 1. The van der Waals surface area contributed by atoms with Gasteiger partial charge in [0.25, 0.3) is 0 Å². The molecule has 0 spiro atoms. The lowest BCUT2D eigenvalue weighted by Crippen LogP contribution is -2.13. The van der Waals surface area contributed by atoms with E-state index in [1.165, 1.54) is 0 Å². The van der Waals surface area contributed by atoms with Gasteiger partial charge in [-0.1, -0.05) is 6.07 Å². The maximum absolute atomic E-state index is 11.8. The van der Waals surface area contributed by atoms with Gasteiger partial charge < -0.3 is 9.73 Å². The first-order valence-corrected chi connectivity index (χ1v) is 8.21. The first-order valence-electron chi connectivity index (χ1n) is 6.32. The molecule has 2 aromatic rings. The van der Waals surface area contributed by atoms with E-state index >= 15 is 0 Å². The minimum atomic E-state index is -3.34. The van der Waals surface area contributed by atoms with Gasteiger partial charge in [0.2, 0.25) is 15.9 Å². The quantitative estimate of drug-likeness (QED) is 0.856. The van der Waals surface area contributed by atoms with Crippen LogP contribution in [0.5, 0.6) is 0 Å². The Morgan fingerprint density at radius 1 is 1.19 bits per heavy atom. The third-order valence-corrected chi connectivity index (χ3v) is 3.23. The van der Waals surface area contributed by atoms with Crippen LogP contribution in [-0.2, 0) is 21.2 Å². The molecule has 0 saturated carbocycles. The number of hydrogen-bond acceptors (Lipinski definition) is 4. The van der Waals surface area contributed by atoms with Crippen LogP contribution in [-0.4, -0.2) is 20.6 Å². The highest BCUT2D eigenvalue weighted by molar-refractivity contribution is 7.92. The summed E-state index contributed by atoms with van der Waals surface area (Å²) >= 11 is 0. The predicted molar refractivity (Wildman–Crippen MR) is 80.6 cm³/mol. The summed E-state index contributed by atoms with van der Waals surface area (Å²) in [5.74, 6) is 0.584. The number of hydrogen-bond donors (Lipinski definition) is 2. The number of sulfonamides is 1. The van der Waals surface area contributed by atoms with E-state index in [1.54, 1.807) is 36.6 Å². The van der Waals surface area contributed by atoms with Gasteiger partial charge >= 0.3 is 0 Å². The molecule has 2 rings (SSSR count). The van der Waals surface area contributed by atoms with Gasteiger partial charge in [-0.25, -0.2) is 8.42 Å². The first-order chi connectivity index (χ1) is 9.92. The van der Waals surface area contributed by atoms with Gasteiger partial charge in [0.05, 0.1) is 18.2 Å². The van der Waals surface area contributed by atoms with Crippen LogP contribution >= 0.6 is 0 Å². The summed E-state index contributed by atoms with van der Waals surface area (Å²) in [6, 6.07) is 10.1. The Kier molecular flexibility index (Phi) is 4.64. The Morgan fingerprint density at radius 2 is 1.95 bits per heavy atom. The van der Waals surface area contributed by atoms with Crippen molar-refractivity contribution in [3.63, 3.8) is 0 Å². The molecule has 1 heterocycles. The van der Waals surface area contributed by atoms with Crippen molar-refractivity contribution in [1.29, 1.82) is 0 Å². The summed E-state index contributed by atoms with van der Waals surface area (Å²) in [7, 11) is -3.34. The summed E-state index contributed by atoms with van der Waals surface area (Å²) in [4.78, 5) is 11.8. The SMILES string of the molecule is CS(=O)(=O)Nc1cccc(NC(=O)CCc2ccco2)c1. The molecule has 0 aliphatic heterocycles. The van der Waals surface area contributed by atoms with Crippen LogP contribution in [0.25, 0.3) is 0 Å². The largest absolute Gasteiger partial charge is 0.469 e. The first kappa shape index (κ1) is 15.1. The van der Waals surface area contributed by atoms with Crippen molar-refractivity contribution in [2.45, 2.75) is 12.8 Å². The molecule has 0 aliphatic rings. The maximum Gasteiger partial charge on any atom is 0.229 e. The summed E-state index contributed by atoms with van der Waals surface area (Å²) < 4.78 is 29.8. The van der Waals surface area contributed by atoms with E-state index in [0.717, 1.165) is 12.0 Å². The van der Waals surface area contributed by atoms with Crippen LogP contribution < -0.4 is 10.0 Å². The van der Waals surface area contributed by atoms with Gasteiger partial charge in [-0.15, -0.1) is 0 Å². The molecule has 0 radical (unpaired) electrons. The third-order valence-electron chi connectivity index (χ3n) is 2.63. The third kappa shape index (κ3) is 5.31. The van der Waals surface area contributed by atoms with E-state index in [2.05, 4.69) is 10.0 Å². The Hall–Kier alpha value is -2.28. The number of anilines is 2. The lowest BCUT2D eigenvalue weighted by molar-refractivity contribution is -0.116.